The number of amides is 1. The van der Waals surface area contributed by atoms with Crippen LogP contribution < -0.4 is 0 Å². The molecule has 1 aliphatic heterocycles. The molecular weight excluding hydrogens is 258 g/mol. The van der Waals surface area contributed by atoms with E-state index in [9.17, 15) is 9.59 Å². The lowest BCUT2D eigenvalue weighted by atomic mass is 9.93. The van der Waals surface area contributed by atoms with E-state index >= 15 is 0 Å². The summed E-state index contributed by atoms with van der Waals surface area (Å²) in [5.74, 6) is 0.383. The highest BCUT2D eigenvalue weighted by molar-refractivity contribution is 5.86. The minimum atomic E-state index is -0.404. The number of aromatic nitrogens is 2. The number of esters is 1. The molecule has 0 spiro atoms. The van der Waals surface area contributed by atoms with E-state index in [1.807, 2.05) is 4.90 Å². The fraction of sp³-hybridized carbons (Fsp3) is 0.643. The molecule has 6 heteroatoms. The largest absolute Gasteiger partial charge is 0.464 e. The molecule has 1 aromatic rings. The molecule has 6 nitrogen and oxygen atoms in total. The molecule has 2 heterocycles. The summed E-state index contributed by atoms with van der Waals surface area (Å²) in [7, 11) is 1.35. The summed E-state index contributed by atoms with van der Waals surface area (Å²) in [5.41, 5.74) is 0.346. The van der Waals surface area contributed by atoms with E-state index in [-0.39, 0.29) is 5.91 Å². The van der Waals surface area contributed by atoms with Crippen LogP contribution in [0.5, 0.6) is 0 Å². The van der Waals surface area contributed by atoms with Crippen molar-refractivity contribution in [1.82, 2.24) is 14.7 Å². The van der Waals surface area contributed by atoms with Gasteiger partial charge in [0.1, 0.15) is 0 Å². The van der Waals surface area contributed by atoms with E-state index < -0.39 is 5.97 Å². The van der Waals surface area contributed by atoms with Crippen molar-refractivity contribution in [2.45, 2.75) is 32.7 Å². The first-order valence-corrected chi connectivity index (χ1v) is 6.97. The summed E-state index contributed by atoms with van der Waals surface area (Å²) in [5, 5.41) is 4.19. The van der Waals surface area contributed by atoms with Gasteiger partial charge < -0.3 is 9.64 Å². The monoisotopic (exact) mass is 279 g/mol. The van der Waals surface area contributed by atoms with Crippen LogP contribution in [-0.4, -0.2) is 46.8 Å². The molecule has 0 bridgehead atoms. The number of nitrogens with zero attached hydrogens (tertiary/aromatic N) is 3. The van der Waals surface area contributed by atoms with Gasteiger partial charge in [-0.15, -0.1) is 0 Å². The fourth-order valence-corrected chi connectivity index (χ4v) is 2.55. The Labute approximate surface area is 118 Å². The van der Waals surface area contributed by atoms with Gasteiger partial charge in [0, 0.05) is 32.8 Å². The maximum atomic E-state index is 11.3. The Kier molecular flexibility index (Phi) is 4.76. The Bertz CT molecular complexity index is 476. The number of methoxy groups -OCH3 is 1. The van der Waals surface area contributed by atoms with E-state index in [1.54, 1.807) is 23.9 Å². The van der Waals surface area contributed by atoms with Crippen LogP contribution in [0.3, 0.4) is 0 Å². The van der Waals surface area contributed by atoms with Gasteiger partial charge in [-0.1, -0.05) is 0 Å². The topological polar surface area (TPSA) is 64.4 Å². The van der Waals surface area contributed by atoms with Gasteiger partial charge in [-0.25, -0.2) is 4.79 Å². The highest BCUT2D eigenvalue weighted by Crippen LogP contribution is 2.21. The second kappa shape index (κ2) is 6.54. The number of hydrogen-bond acceptors (Lipinski definition) is 4. The van der Waals surface area contributed by atoms with Crippen LogP contribution in [0.15, 0.2) is 12.3 Å². The summed E-state index contributed by atoms with van der Waals surface area (Å²) in [6, 6.07) is 1.67. The zero-order chi connectivity index (χ0) is 14.5. The molecule has 1 saturated heterocycles. The zero-order valence-electron chi connectivity index (χ0n) is 12.0. The smallest absolute Gasteiger partial charge is 0.358 e. The van der Waals surface area contributed by atoms with Gasteiger partial charge in [-0.3, -0.25) is 9.48 Å². The Balaban J connectivity index is 1.77. The second-order valence-corrected chi connectivity index (χ2v) is 5.19. The van der Waals surface area contributed by atoms with Gasteiger partial charge in [-0.05, 0) is 31.2 Å². The van der Waals surface area contributed by atoms with Gasteiger partial charge >= 0.3 is 5.97 Å². The number of carbonyl (C=O) groups is 2. The lowest BCUT2D eigenvalue weighted by Gasteiger charge is -2.31. The highest BCUT2D eigenvalue weighted by Gasteiger charge is 2.20. The number of likely N-dealkylation sites (tertiary alicyclic amines) is 1. The van der Waals surface area contributed by atoms with Gasteiger partial charge in [0.15, 0.2) is 5.69 Å². The van der Waals surface area contributed by atoms with Crippen LogP contribution >= 0.6 is 0 Å². The van der Waals surface area contributed by atoms with Crippen molar-refractivity contribution < 1.29 is 14.3 Å². The number of ether oxygens (including phenoxy) is 1. The Morgan fingerprint density at radius 1 is 1.40 bits per heavy atom. The van der Waals surface area contributed by atoms with Crippen LogP contribution in [0, 0.1) is 5.92 Å². The normalized spacial score (nSPS) is 16.2. The van der Waals surface area contributed by atoms with Gasteiger partial charge in [0.2, 0.25) is 5.91 Å². The molecule has 1 amide bonds. The molecule has 0 unspecified atom stereocenters. The second-order valence-electron chi connectivity index (χ2n) is 5.19. The summed E-state index contributed by atoms with van der Waals surface area (Å²) in [6.45, 7) is 4.12. The molecule has 1 aromatic heterocycles. The van der Waals surface area contributed by atoms with Crippen LogP contribution in [0.4, 0.5) is 0 Å². The first-order valence-electron chi connectivity index (χ1n) is 6.97. The van der Waals surface area contributed by atoms with Gasteiger partial charge in [0.25, 0.3) is 0 Å². The molecule has 1 fully saturated rings. The molecule has 2 rings (SSSR count). The lowest BCUT2D eigenvalue weighted by molar-refractivity contribution is -0.130. The first kappa shape index (κ1) is 14.6. The fourth-order valence-electron chi connectivity index (χ4n) is 2.55. The standard InChI is InChI=1S/C14H21N3O3/c1-11(18)16-7-3-12(4-8-16)5-9-17-10-6-13(15-17)14(19)20-2/h6,10,12H,3-5,7-9H2,1-2H3. The SMILES string of the molecule is COC(=O)c1ccn(CCC2CCN(C(C)=O)CC2)n1. The van der Waals surface area contributed by atoms with E-state index in [1.165, 1.54) is 7.11 Å². The van der Waals surface area contributed by atoms with Crippen LogP contribution in [0.2, 0.25) is 0 Å². The van der Waals surface area contributed by atoms with Crippen molar-refractivity contribution in [1.29, 1.82) is 0 Å². The van der Waals surface area contributed by atoms with Crippen molar-refractivity contribution in [2.75, 3.05) is 20.2 Å². The highest BCUT2D eigenvalue weighted by atomic mass is 16.5. The lowest BCUT2D eigenvalue weighted by Crippen LogP contribution is -2.37. The molecule has 1 aliphatic rings. The average Bonchev–Trinajstić information content (AvgIpc) is 2.93. The number of aryl methyl sites for hydroxylation is 1. The van der Waals surface area contributed by atoms with E-state index in [2.05, 4.69) is 9.84 Å². The quantitative estimate of drug-likeness (QED) is 0.780. The first-order chi connectivity index (χ1) is 9.60. The van der Waals surface area contributed by atoms with Crippen LogP contribution in [-0.2, 0) is 16.1 Å². The van der Waals surface area contributed by atoms with Crippen LogP contribution in [0.1, 0.15) is 36.7 Å². The van der Waals surface area contributed by atoms with Crippen molar-refractivity contribution >= 4 is 11.9 Å². The van der Waals surface area contributed by atoms with Crippen molar-refractivity contribution in [3.63, 3.8) is 0 Å². The summed E-state index contributed by atoms with van der Waals surface area (Å²) in [6.07, 6.45) is 4.92. The molecule has 0 atom stereocenters. The van der Waals surface area contributed by atoms with E-state index in [0.29, 0.717) is 11.6 Å². The molecular formula is C14H21N3O3. The number of rotatable bonds is 4. The van der Waals surface area contributed by atoms with Crippen molar-refractivity contribution in [3.8, 4) is 0 Å². The number of piperidine rings is 1. The summed E-state index contributed by atoms with van der Waals surface area (Å²) >= 11 is 0. The van der Waals surface area contributed by atoms with Crippen molar-refractivity contribution in [2.24, 2.45) is 5.92 Å². The van der Waals surface area contributed by atoms with Gasteiger partial charge in [-0.2, -0.15) is 5.10 Å². The van der Waals surface area contributed by atoms with Crippen LogP contribution in [0.25, 0.3) is 0 Å². The Morgan fingerprint density at radius 2 is 2.10 bits per heavy atom. The molecule has 0 aromatic carbocycles. The van der Waals surface area contributed by atoms with E-state index in [4.69, 9.17) is 0 Å². The third-order valence-corrected chi connectivity index (χ3v) is 3.86. The third-order valence-electron chi connectivity index (χ3n) is 3.86. The summed E-state index contributed by atoms with van der Waals surface area (Å²) < 4.78 is 6.41. The third kappa shape index (κ3) is 3.59. The maximum absolute atomic E-state index is 11.3. The average molecular weight is 279 g/mol. The minimum Gasteiger partial charge on any atom is -0.464 e. The Morgan fingerprint density at radius 3 is 2.70 bits per heavy atom. The molecule has 20 heavy (non-hydrogen) atoms. The molecule has 0 N–H and O–H groups in total. The maximum Gasteiger partial charge on any atom is 0.358 e. The summed E-state index contributed by atoms with van der Waals surface area (Å²) in [4.78, 5) is 24.4. The minimum absolute atomic E-state index is 0.165. The van der Waals surface area contributed by atoms with E-state index in [0.717, 1.165) is 38.9 Å². The molecule has 0 aliphatic carbocycles. The molecule has 110 valence electrons. The molecule has 0 saturated carbocycles. The van der Waals surface area contributed by atoms with Crippen molar-refractivity contribution in [3.05, 3.63) is 18.0 Å². The zero-order valence-corrected chi connectivity index (χ0v) is 12.0. The number of hydrogen-bond donors (Lipinski definition) is 0. The molecule has 0 radical (unpaired) electrons. The Hall–Kier alpha value is -1.85. The predicted octanol–water partition coefficient (Wildman–Crippen LogP) is 1.32. The van der Waals surface area contributed by atoms with Gasteiger partial charge in [0.05, 0.1) is 7.11 Å². The predicted molar refractivity (Wildman–Crippen MR) is 73.2 cm³/mol. The number of carbonyl (C=O) groups excluding carboxylic acids is 2.